The lowest BCUT2D eigenvalue weighted by Gasteiger charge is -2.16. The second kappa shape index (κ2) is 4.35. The third kappa shape index (κ3) is 1.72. The molecule has 0 spiro atoms. The molecule has 0 aromatic heterocycles. The Labute approximate surface area is 119 Å². The molecule has 0 radical (unpaired) electrons. The molecule has 8 nitrogen and oxygen atoms in total. The molecule has 2 aliphatic heterocycles. The van der Waals surface area contributed by atoms with Crippen molar-refractivity contribution in [1.29, 1.82) is 5.26 Å². The number of nitrogens with two attached hydrogens (primary N) is 2. The van der Waals surface area contributed by atoms with E-state index in [2.05, 4.69) is 20.2 Å². The third-order valence-electron chi connectivity index (χ3n) is 3.18. The van der Waals surface area contributed by atoms with Gasteiger partial charge in [0.2, 0.25) is 0 Å². The van der Waals surface area contributed by atoms with E-state index >= 15 is 0 Å². The summed E-state index contributed by atoms with van der Waals surface area (Å²) in [6, 6.07) is 8.91. The van der Waals surface area contributed by atoms with Crippen molar-refractivity contribution >= 4 is 23.8 Å². The monoisotopic (exact) mass is 279 g/mol. The van der Waals surface area contributed by atoms with Gasteiger partial charge in [0.05, 0.1) is 5.70 Å². The Morgan fingerprint density at radius 2 is 2.00 bits per heavy atom. The number of aliphatic imine (C=N–C) groups is 2. The van der Waals surface area contributed by atoms with E-state index in [1.54, 1.807) is 24.3 Å². The zero-order valence-electron chi connectivity index (χ0n) is 10.7. The van der Waals surface area contributed by atoms with Crippen LogP contribution < -0.4 is 11.5 Å². The van der Waals surface area contributed by atoms with Crippen LogP contribution in [0.4, 0.5) is 0 Å². The second-order valence-corrected chi connectivity index (χ2v) is 4.37. The van der Waals surface area contributed by atoms with Gasteiger partial charge < -0.3 is 11.5 Å². The van der Waals surface area contributed by atoms with E-state index in [4.69, 9.17) is 11.5 Å². The van der Waals surface area contributed by atoms with Crippen molar-refractivity contribution in [1.82, 2.24) is 0 Å². The molecule has 1 aromatic carbocycles. The lowest BCUT2D eigenvalue weighted by atomic mass is 9.95. The standard InChI is InChI=1S/C13H9N7O/c14-5-13(17-6-18-20-13)9(12(16)21)10-7-3-1-2-4-8(7)11(15)19-10/h1-4,6H,(H2,15,19)(H2,16,21). The Balaban J connectivity index is 2.34. The zero-order valence-corrected chi connectivity index (χ0v) is 10.7. The number of nitriles is 1. The van der Waals surface area contributed by atoms with Crippen molar-refractivity contribution < 1.29 is 4.79 Å². The average Bonchev–Trinajstić information content (AvgIpc) is 3.07. The van der Waals surface area contributed by atoms with Crippen molar-refractivity contribution in [3.8, 4) is 6.07 Å². The number of rotatable bonds is 2. The van der Waals surface area contributed by atoms with E-state index in [0.29, 0.717) is 11.1 Å². The van der Waals surface area contributed by atoms with E-state index in [1.165, 1.54) is 0 Å². The lowest BCUT2D eigenvalue weighted by molar-refractivity contribution is -0.114. The molecule has 2 aliphatic rings. The molecule has 1 atom stereocenters. The minimum atomic E-state index is -1.80. The molecular formula is C13H9N7O. The van der Waals surface area contributed by atoms with Crippen molar-refractivity contribution in [2.75, 3.05) is 0 Å². The molecule has 102 valence electrons. The molecular weight excluding hydrogens is 270 g/mol. The quantitative estimate of drug-likeness (QED) is 0.752. The van der Waals surface area contributed by atoms with Gasteiger partial charge in [0, 0.05) is 11.1 Å². The minimum absolute atomic E-state index is 0.143. The average molecular weight is 279 g/mol. The van der Waals surface area contributed by atoms with Crippen LogP contribution in [0.25, 0.3) is 5.70 Å². The molecule has 1 unspecified atom stereocenters. The normalized spacial score (nSPS) is 24.4. The number of nitrogens with zero attached hydrogens (tertiary/aromatic N) is 5. The van der Waals surface area contributed by atoms with E-state index in [0.717, 1.165) is 6.34 Å². The SMILES string of the molecule is N#CC1(C(C(N)=O)=C2N=C(N)c3ccccc32)N=CN=N1. The highest BCUT2D eigenvalue weighted by molar-refractivity contribution is 6.14. The highest BCUT2D eigenvalue weighted by atomic mass is 16.1. The summed E-state index contributed by atoms with van der Waals surface area (Å²) in [7, 11) is 0. The molecule has 1 aromatic rings. The second-order valence-electron chi connectivity index (χ2n) is 4.37. The smallest absolute Gasteiger partial charge is 0.291 e. The summed E-state index contributed by atoms with van der Waals surface area (Å²) < 4.78 is 0. The van der Waals surface area contributed by atoms with Crippen LogP contribution in [0.15, 0.2) is 50.1 Å². The summed E-state index contributed by atoms with van der Waals surface area (Å²) in [6.45, 7) is 0. The predicted octanol–water partition coefficient (Wildman–Crippen LogP) is 0.316. The van der Waals surface area contributed by atoms with Crippen molar-refractivity contribution in [3.05, 3.63) is 41.0 Å². The van der Waals surface area contributed by atoms with Gasteiger partial charge in [-0.15, -0.1) is 10.2 Å². The molecule has 2 heterocycles. The van der Waals surface area contributed by atoms with Crippen LogP contribution in [0.1, 0.15) is 11.1 Å². The van der Waals surface area contributed by atoms with E-state index in [-0.39, 0.29) is 17.1 Å². The highest BCUT2D eigenvalue weighted by Crippen LogP contribution is 2.37. The van der Waals surface area contributed by atoms with Gasteiger partial charge in [-0.1, -0.05) is 24.3 Å². The van der Waals surface area contributed by atoms with Gasteiger partial charge in [-0.3, -0.25) is 4.79 Å². The van der Waals surface area contributed by atoms with Crippen LogP contribution in [-0.2, 0) is 4.79 Å². The number of benzene rings is 1. The molecule has 1 amide bonds. The minimum Gasteiger partial charge on any atom is -0.383 e. The van der Waals surface area contributed by atoms with Crippen molar-refractivity contribution in [3.63, 3.8) is 0 Å². The highest BCUT2D eigenvalue weighted by Gasteiger charge is 2.43. The summed E-state index contributed by atoms with van der Waals surface area (Å²) in [5.74, 6) is -0.607. The van der Waals surface area contributed by atoms with Crippen molar-refractivity contribution in [2.24, 2.45) is 31.7 Å². The van der Waals surface area contributed by atoms with Crippen LogP contribution >= 0.6 is 0 Å². The Bertz CT molecular complexity index is 798. The van der Waals surface area contributed by atoms with Gasteiger partial charge in [-0.25, -0.2) is 9.98 Å². The number of fused-ring (bicyclic) bond motifs is 1. The first-order valence-electron chi connectivity index (χ1n) is 5.94. The maximum Gasteiger partial charge on any atom is 0.291 e. The zero-order chi connectivity index (χ0) is 15.0. The van der Waals surface area contributed by atoms with Crippen LogP contribution in [-0.4, -0.2) is 23.7 Å². The summed E-state index contributed by atoms with van der Waals surface area (Å²) in [5, 5.41) is 16.6. The molecule has 0 saturated heterocycles. The summed E-state index contributed by atoms with van der Waals surface area (Å²) >= 11 is 0. The topological polar surface area (TPSA) is 142 Å². The van der Waals surface area contributed by atoms with Gasteiger partial charge in [-0.05, 0) is 0 Å². The Hall–Kier alpha value is -3.34. The molecule has 8 heteroatoms. The molecule has 21 heavy (non-hydrogen) atoms. The fraction of sp³-hybridized carbons (Fsp3) is 0.0769. The largest absolute Gasteiger partial charge is 0.383 e. The molecule has 0 fully saturated rings. The summed E-state index contributed by atoms with van der Waals surface area (Å²) in [4.78, 5) is 19.9. The van der Waals surface area contributed by atoms with Crippen molar-refractivity contribution in [2.45, 2.75) is 5.66 Å². The van der Waals surface area contributed by atoms with Crippen LogP contribution in [0.5, 0.6) is 0 Å². The lowest BCUT2D eigenvalue weighted by Crippen LogP contribution is -2.33. The Morgan fingerprint density at radius 1 is 1.29 bits per heavy atom. The predicted molar refractivity (Wildman–Crippen MR) is 75.0 cm³/mol. The van der Waals surface area contributed by atoms with Crippen LogP contribution in [0.2, 0.25) is 0 Å². The first-order valence-corrected chi connectivity index (χ1v) is 5.94. The fourth-order valence-electron chi connectivity index (χ4n) is 2.26. The number of amidine groups is 1. The molecule has 0 saturated carbocycles. The Morgan fingerprint density at radius 3 is 2.57 bits per heavy atom. The third-order valence-corrected chi connectivity index (χ3v) is 3.18. The van der Waals surface area contributed by atoms with Gasteiger partial charge in [0.15, 0.2) is 0 Å². The molecule has 3 rings (SSSR count). The van der Waals surface area contributed by atoms with E-state index < -0.39 is 11.6 Å². The number of azo groups is 1. The van der Waals surface area contributed by atoms with Gasteiger partial charge >= 0.3 is 0 Å². The van der Waals surface area contributed by atoms with Crippen LogP contribution in [0.3, 0.4) is 0 Å². The van der Waals surface area contributed by atoms with E-state index in [9.17, 15) is 10.1 Å². The maximum atomic E-state index is 11.9. The first kappa shape index (κ1) is 12.7. The maximum absolute atomic E-state index is 11.9. The summed E-state index contributed by atoms with van der Waals surface area (Å²) in [6.07, 6.45) is 1.10. The first-order chi connectivity index (χ1) is 10.1. The van der Waals surface area contributed by atoms with Gasteiger partial charge in [0.25, 0.3) is 11.6 Å². The number of hydrogen-bond acceptors (Lipinski definition) is 7. The number of carbonyl (C=O) groups is 1. The van der Waals surface area contributed by atoms with Crippen LogP contribution in [0, 0.1) is 11.3 Å². The number of carbonyl (C=O) groups excluding carboxylic acids is 1. The van der Waals surface area contributed by atoms with Gasteiger partial charge in [0.1, 0.15) is 23.8 Å². The number of primary amides is 1. The fourth-order valence-corrected chi connectivity index (χ4v) is 2.26. The van der Waals surface area contributed by atoms with Gasteiger partial charge in [-0.2, -0.15) is 5.26 Å². The summed E-state index contributed by atoms with van der Waals surface area (Å²) in [5.41, 5.74) is 10.8. The molecule has 4 N–H and O–H groups in total. The Kier molecular flexibility index (Phi) is 2.62. The van der Waals surface area contributed by atoms with E-state index in [1.807, 2.05) is 6.07 Å². The number of amides is 1. The number of hydrogen-bond donors (Lipinski definition) is 2. The molecule has 0 bridgehead atoms. The molecule has 0 aliphatic carbocycles.